The fourth-order valence-corrected chi connectivity index (χ4v) is 2.73. The molecule has 1 aliphatic carbocycles. The topological polar surface area (TPSA) is 38.5 Å². The summed E-state index contributed by atoms with van der Waals surface area (Å²) in [6.07, 6.45) is 4.40. The van der Waals surface area contributed by atoms with E-state index in [1.54, 1.807) is 0 Å². The molecule has 0 spiro atoms. The van der Waals surface area contributed by atoms with Crippen molar-refractivity contribution in [3.05, 3.63) is 0 Å². The van der Waals surface area contributed by atoms with E-state index in [0.717, 1.165) is 19.7 Å². The molecule has 68 valence electrons. The number of rotatable bonds is 2. The maximum Gasteiger partial charge on any atom is 0.0718 e. The second-order valence-corrected chi connectivity index (χ2v) is 4.43. The van der Waals surface area contributed by atoms with Crippen molar-refractivity contribution in [2.75, 3.05) is 19.7 Å². The first-order valence-corrected chi connectivity index (χ1v) is 4.92. The summed E-state index contributed by atoms with van der Waals surface area (Å²) in [5, 5.41) is 0. The summed E-state index contributed by atoms with van der Waals surface area (Å²) in [4.78, 5) is 2.61. The van der Waals surface area contributed by atoms with Gasteiger partial charge in [-0.25, -0.2) is 0 Å². The molecule has 0 aromatic carbocycles. The van der Waals surface area contributed by atoms with Crippen LogP contribution in [0.25, 0.3) is 0 Å². The number of morpholine rings is 1. The Balaban J connectivity index is 1.78. The Morgan fingerprint density at radius 3 is 2.75 bits per heavy atom. The van der Waals surface area contributed by atoms with E-state index in [1.807, 2.05) is 0 Å². The number of ether oxygens (including phenoxy) is 1. The first kappa shape index (κ1) is 7.30. The first-order chi connectivity index (χ1) is 5.84. The monoisotopic (exact) mass is 168 g/mol. The van der Waals surface area contributed by atoms with Gasteiger partial charge in [-0.05, 0) is 19.3 Å². The fourth-order valence-electron chi connectivity index (χ4n) is 2.73. The highest BCUT2D eigenvalue weighted by Crippen LogP contribution is 2.46. The third-order valence-electron chi connectivity index (χ3n) is 3.72. The van der Waals surface area contributed by atoms with Gasteiger partial charge in [0.25, 0.3) is 0 Å². The lowest BCUT2D eigenvalue weighted by molar-refractivity contribution is 0.00663. The van der Waals surface area contributed by atoms with Gasteiger partial charge < -0.3 is 10.5 Å². The Labute approximate surface area is 72.9 Å². The van der Waals surface area contributed by atoms with Crippen molar-refractivity contribution in [2.45, 2.75) is 36.9 Å². The van der Waals surface area contributed by atoms with Crippen molar-refractivity contribution in [1.29, 1.82) is 0 Å². The van der Waals surface area contributed by atoms with Crippen LogP contribution in [0.4, 0.5) is 0 Å². The van der Waals surface area contributed by atoms with Crippen molar-refractivity contribution in [3.8, 4) is 0 Å². The van der Waals surface area contributed by atoms with Crippen LogP contribution < -0.4 is 5.73 Å². The SMILES string of the molecule is NCC1(N2CC3CC2CO3)CC1. The maximum absolute atomic E-state index is 5.80. The summed E-state index contributed by atoms with van der Waals surface area (Å²) >= 11 is 0. The van der Waals surface area contributed by atoms with E-state index in [-0.39, 0.29) is 0 Å². The van der Waals surface area contributed by atoms with Gasteiger partial charge in [-0.15, -0.1) is 0 Å². The van der Waals surface area contributed by atoms with Gasteiger partial charge in [0.15, 0.2) is 0 Å². The molecular weight excluding hydrogens is 152 g/mol. The van der Waals surface area contributed by atoms with Crippen molar-refractivity contribution < 1.29 is 4.74 Å². The normalized spacial score (nSPS) is 43.8. The van der Waals surface area contributed by atoms with Gasteiger partial charge >= 0.3 is 0 Å². The molecule has 2 N–H and O–H groups in total. The minimum Gasteiger partial charge on any atom is -0.375 e. The number of likely N-dealkylation sites (tertiary alicyclic amines) is 1. The van der Waals surface area contributed by atoms with E-state index >= 15 is 0 Å². The Morgan fingerprint density at radius 2 is 2.33 bits per heavy atom. The second kappa shape index (κ2) is 2.22. The van der Waals surface area contributed by atoms with Crippen LogP contribution in [-0.4, -0.2) is 42.3 Å². The molecule has 3 fully saturated rings. The van der Waals surface area contributed by atoms with E-state index in [4.69, 9.17) is 10.5 Å². The Morgan fingerprint density at radius 1 is 1.50 bits per heavy atom. The molecule has 2 aliphatic heterocycles. The zero-order chi connectivity index (χ0) is 8.18. The summed E-state index contributed by atoms with van der Waals surface area (Å²) in [6.45, 7) is 2.94. The summed E-state index contributed by atoms with van der Waals surface area (Å²) in [7, 11) is 0. The molecule has 2 bridgehead atoms. The van der Waals surface area contributed by atoms with Gasteiger partial charge in [0.05, 0.1) is 12.7 Å². The third-order valence-corrected chi connectivity index (χ3v) is 3.72. The van der Waals surface area contributed by atoms with Crippen LogP contribution in [0.2, 0.25) is 0 Å². The molecule has 2 saturated heterocycles. The smallest absolute Gasteiger partial charge is 0.0718 e. The Bertz CT molecular complexity index is 203. The van der Waals surface area contributed by atoms with Gasteiger partial charge in [0.2, 0.25) is 0 Å². The quantitative estimate of drug-likeness (QED) is 0.628. The highest BCUT2D eigenvalue weighted by atomic mass is 16.5. The molecule has 12 heavy (non-hydrogen) atoms. The highest BCUT2D eigenvalue weighted by Gasteiger charge is 2.54. The molecule has 3 heteroatoms. The summed E-state index contributed by atoms with van der Waals surface area (Å²) < 4.78 is 5.57. The zero-order valence-corrected chi connectivity index (χ0v) is 7.33. The van der Waals surface area contributed by atoms with Crippen LogP contribution in [0, 0.1) is 0 Å². The summed E-state index contributed by atoms with van der Waals surface area (Å²) in [5.74, 6) is 0. The predicted molar refractivity (Wildman–Crippen MR) is 45.9 cm³/mol. The van der Waals surface area contributed by atoms with Crippen molar-refractivity contribution in [2.24, 2.45) is 5.73 Å². The van der Waals surface area contributed by atoms with Crippen LogP contribution in [0.3, 0.4) is 0 Å². The fraction of sp³-hybridized carbons (Fsp3) is 1.00. The average molecular weight is 168 g/mol. The van der Waals surface area contributed by atoms with Gasteiger partial charge in [-0.1, -0.05) is 0 Å². The summed E-state index contributed by atoms with van der Waals surface area (Å²) in [5.41, 5.74) is 6.20. The molecule has 3 nitrogen and oxygen atoms in total. The number of nitrogens with zero attached hydrogens (tertiary/aromatic N) is 1. The Hall–Kier alpha value is -0.120. The lowest BCUT2D eigenvalue weighted by Gasteiger charge is -2.34. The molecule has 2 unspecified atom stereocenters. The standard InChI is InChI=1S/C9H16N2O/c10-6-9(1-2-9)11-4-8-3-7(11)5-12-8/h7-8H,1-6,10H2. The van der Waals surface area contributed by atoms with E-state index in [0.29, 0.717) is 17.7 Å². The molecule has 0 radical (unpaired) electrons. The average Bonchev–Trinajstić information content (AvgIpc) is 2.62. The van der Waals surface area contributed by atoms with Crippen LogP contribution >= 0.6 is 0 Å². The second-order valence-electron chi connectivity index (χ2n) is 4.43. The lowest BCUT2D eigenvalue weighted by Crippen LogP contribution is -2.49. The Kier molecular flexibility index (Phi) is 1.35. The zero-order valence-electron chi connectivity index (χ0n) is 7.33. The predicted octanol–water partition coefficient (Wildman–Crippen LogP) is -0.0492. The molecule has 3 aliphatic rings. The van der Waals surface area contributed by atoms with E-state index in [2.05, 4.69) is 4.90 Å². The van der Waals surface area contributed by atoms with Gasteiger partial charge in [0.1, 0.15) is 0 Å². The molecule has 1 saturated carbocycles. The van der Waals surface area contributed by atoms with Crippen molar-refractivity contribution in [3.63, 3.8) is 0 Å². The minimum atomic E-state index is 0.406. The summed E-state index contributed by atoms with van der Waals surface area (Å²) in [6, 6.07) is 0.695. The number of fused-ring (bicyclic) bond motifs is 2. The molecular formula is C9H16N2O. The van der Waals surface area contributed by atoms with E-state index in [9.17, 15) is 0 Å². The van der Waals surface area contributed by atoms with Crippen LogP contribution in [0.5, 0.6) is 0 Å². The van der Waals surface area contributed by atoms with Crippen molar-refractivity contribution in [1.82, 2.24) is 4.90 Å². The third kappa shape index (κ3) is 0.817. The molecule has 2 heterocycles. The molecule has 2 atom stereocenters. The number of hydrogen-bond donors (Lipinski definition) is 1. The highest BCUT2D eigenvalue weighted by molar-refractivity contribution is 5.10. The number of nitrogens with two attached hydrogens (primary N) is 1. The van der Waals surface area contributed by atoms with Crippen LogP contribution in [0.15, 0.2) is 0 Å². The first-order valence-electron chi connectivity index (χ1n) is 4.92. The number of hydrogen-bond acceptors (Lipinski definition) is 3. The van der Waals surface area contributed by atoms with Crippen molar-refractivity contribution >= 4 is 0 Å². The minimum absolute atomic E-state index is 0.406. The van der Waals surface area contributed by atoms with Gasteiger partial charge in [0, 0.05) is 24.7 Å². The van der Waals surface area contributed by atoms with Gasteiger partial charge in [-0.2, -0.15) is 0 Å². The van der Waals surface area contributed by atoms with E-state index in [1.165, 1.54) is 19.3 Å². The van der Waals surface area contributed by atoms with Crippen LogP contribution in [0.1, 0.15) is 19.3 Å². The molecule has 3 rings (SSSR count). The molecule has 0 aromatic rings. The lowest BCUT2D eigenvalue weighted by atomic mass is 10.2. The maximum atomic E-state index is 5.80. The molecule has 0 amide bonds. The van der Waals surface area contributed by atoms with Gasteiger partial charge in [-0.3, -0.25) is 4.90 Å². The largest absolute Gasteiger partial charge is 0.375 e. The van der Waals surface area contributed by atoms with E-state index < -0.39 is 0 Å². The molecule has 0 aromatic heterocycles. The van der Waals surface area contributed by atoms with Crippen LogP contribution in [-0.2, 0) is 4.74 Å².